The lowest BCUT2D eigenvalue weighted by Crippen LogP contribution is -2.00. The van der Waals surface area contributed by atoms with Crippen LogP contribution in [0, 0.1) is 0 Å². The molecular weight excluding hydrogens is 573 g/mol. The molecule has 0 N–H and O–H groups in total. The predicted octanol–water partition coefficient (Wildman–Crippen LogP) is 10.8. The first-order valence-electron chi connectivity index (χ1n) is 15.8. The van der Waals surface area contributed by atoms with Gasteiger partial charge >= 0.3 is 0 Å². The normalized spacial score (nSPS) is 11.4. The fourth-order valence-electron chi connectivity index (χ4n) is 6.59. The summed E-state index contributed by atoms with van der Waals surface area (Å²) in [7, 11) is 0. The summed E-state index contributed by atoms with van der Waals surface area (Å²) in [6, 6.07) is 59.2. The molecular formula is C43H28N4. The summed E-state index contributed by atoms with van der Waals surface area (Å²) in [5.74, 6) is 1.92. The van der Waals surface area contributed by atoms with Crippen molar-refractivity contribution in [3.8, 4) is 51.0 Å². The Kier molecular flexibility index (Phi) is 6.43. The second kappa shape index (κ2) is 11.2. The summed E-state index contributed by atoms with van der Waals surface area (Å²) in [6.07, 6.45) is 0. The molecule has 9 aromatic rings. The Morgan fingerprint density at radius 1 is 0.319 bits per heavy atom. The van der Waals surface area contributed by atoms with E-state index in [0.29, 0.717) is 17.5 Å². The number of rotatable bonds is 5. The molecule has 9 rings (SSSR count). The van der Waals surface area contributed by atoms with E-state index in [0.717, 1.165) is 44.5 Å². The molecule has 0 saturated heterocycles. The second-order valence-electron chi connectivity index (χ2n) is 11.7. The number of hydrogen-bond acceptors (Lipinski definition) is 3. The van der Waals surface area contributed by atoms with Crippen LogP contribution in [0.25, 0.3) is 83.6 Å². The molecule has 0 bridgehead atoms. The molecule has 7 aromatic carbocycles. The lowest BCUT2D eigenvalue weighted by Gasteiger charge is -2.12. The lowest BCUT2D eigenvalue weighted by molar-refractivity contribution is 1.07. The lowest BCUT2D eigenvalue weighted by atomic mass is 10.0. The van der Waals surface area contributed by atoms with Gasteiger partial charge in [-0.15, -0.1) is 0 Å². The summed E-state index contributed by atoms with van der Waals surface area (Å²) >= 11 is 0. The monoisotopic (exact) mass is 600 g/mol. The van der Waals surface area contributed by atoms with Crippen LogP contribution < -0.4 is 0 Å². The maximum Gasteiger partial charge on any atom is 0.164 e. The number of hydrogen-bond donors (Lipinski definition) is 0. The Labute approximate surface area is 272 Å². The zero-order valence-corrected chi connectivity index (χ0v) is 25.5. The highest BCUT2D eigenvalue weighted by Crippen LogP contribution is 2.37. The molecule has 0 unspecified atom stereocenters. The highest BCUT2D eigenvalue weighted by Gasteiger charge is 2.17. The van der Waals surface area contributed by atoms with Gasteiger partial charge in [0.1, 0.15) is 0 Å². The van der Waals surface area contributed by atoms with Gasteiger partial charge in [0.25, 0.3) is 0 Å². The number of benzene rings is 7. The molecule has 4 nitrogen and oxygen atoms in total. The van der Waals surface area contributed by atoms with Crippen LogP contribution in [-0.4, -0.2) is 19.5 Å². The third-order valence-corrected chi connectivity index (χ3v) is 8.83. The van der Waals surface area contributed by atoms with Crippen LogP contribution in [0.4, 0.5) is 0 Å². The molecule has 0 spiro atoms. The van der Waals surface area contributed by atoms with E-state index in [1.165, 1.54) is 21.5 Å². The largest absolute Gasteiger partial charge is 0.309 e. The summed E-state index contributed by atoms with van der Waals surface area (Å²) in [4.78, 5) is 15.2. The topological polar surface area (TPSA) is 43.6 Å². The Hall–Kier alpha value is -6.39. The highest BCUT2D eigenvalue weighted by atomic mass is 15.0. The van der Waals surface area contributed by atoms with Crippen LogP contribution in [0.2, 0.25) is 0 Å². The molecule has 0 radical (unpaired) electrons. The van der Waals surface area contributed by atoms with Crippen molar-refractivity contribution in [3.05, 3.63) is 170 Å². The van der Waals surface area contributed by atoms with Gasteiger partial charge in [0, 0.05) is 32.8 Å². The van der Waals surface area contributed by atoms with Gasteiger partial charge in [0.2, 0.25) is 0 Å². The Morgan fingerprint density at radius 3 is 1.64 bits per heavy atom. The van der Waals surface area contributed by atoms with Gasteiger partial charge in [0.15, 0.2) is 17.5 Å². The van der Waals surface area contributed by atoms with E-state index in [2.05, 4.69) is 138 Å². The summed E-state index contributed by atoms with van der Waals surface area (Å²) in [5, 5.41) is 4.81. The molecule has 0 fully saturated rings. The van der Waals surface area contributed by atoms with E-state index in [9.17, 15) is 0 Å². The van der Waals surface area contributed by atoms with Crippen molar-refractivity contribution in [2.45, 2.75) is 0 Å². The SMILES string of the molecule is c1ccc(-c2cccc(-c3nc(-c4ccccc4)nc(-c4ccc5c6ccccc6n(-c6cccc7ccccc67)c5c4)n3)c2)cc1. The zero-order chi connectivity index (χ0) is 31.2. The molecule has 47 heavy (non-hydrogen) atoms. The van der Waals surface area contributed by atoms with Crippen LogP contribution >= 0.6 is 0 Å². The predicted molar refractivity (Wildman–Crippen MR) is 193 cm³/mol. The van der Waals surface area contributed by atoms with Gasteiger partial charge in [-0.1, -0.05) is 146 Å². The van der Waals surface area contributed by atoms with Gasteiger partial charge in [-0.05, 0) is 40.8 Å². The first-order valence-corrected chi connectivity index (χ1v) is 15.8. The molecule has 0 saturated carbocycles. The average Bonchev–Trinajstić information content (AvgIpc) is 3.48. The van der Waals surface area contributed by atoms with Crippen molar-refractivity contribution in [1.82, 2.24) is 19.5 Å². The molecule has 0 aliphatic carbocycles. The van der Waals surface area contributed by atoms with Crippen molar-refractivity contribution < 1.29 is 0 Å². The van der Waals surface area contributed by atoms with Gasteiger partial charge in [-0.2, -0.15) is 0 Å². The quantitative estimate of drug-likeness (QED) is 0.197. The van der Waals surface area contributed by atoms with E-state index in [4.69, 9.17) is 15.0 Å². The van der Waals surface area contributed by atoms with Crippen molar-refractivity contribution in [2.24, 2.45) is 0 Å². The van der Waals surface area contributed by atoms with E-state index < -0.39 is 0 Å². The van der Waals surface area contributed by atoms with Gasteiger partial charge in [-0.25, -0.2) is 15.0 Å². The summed E-state index contributed by atoms with van der Waals surface area (Å²) < 4.78 is 2.38. The summed E-state index contributed by atoms with van der Waals surface area (Å²) in [6.45, 7) is 0. The van der Waals surface area contributed by atoms with Gasteiger partial charge < -0.3 is 4.57 Å². The highest BCUT2D eigenvalue weighted by molar-refractivity contribution is 6.11. The zero-order valence-electron chi connectivity index (χ0n) is 25.5. The molecule has 220 valence electrons. The molecule has 0 amide bonds. The van der Waals surface area contributed by atoms with E-state index >= 15 is 0 Å². The number of aromatic nitrogens is 4. The molecule has 0 atom stereocenters. The van der Waals surface area contributed by atoms with Crippen LogP contribution in [0.1, 0.15) is 0 Å². The second-order valence-corrected chi connectivity index (χ2v) is 11.7. The minimum atomic E-state index is 0.635. The van der Waals surface area contributed by atoms with Crippen molar-refractivity contribution in [2.75, 3.05) is 0 Å². The Bertz CT molecular complexity index is 2560. The fourth-order valence-corrected chi connectivity index (χ4v) is 6.59. The van der Waals surface area contributed by atoms with Crippen LogP contribution in [0.15, 0.2) is 170 Å². The molecule has 0 aliphatic rings. The van der Waals surface area contributed by atoms with E-state index in [-0.39, 0.29) is 0 Å². The first kappa shape index (κ1) is 27.0. The van der Waals surface area contributed by atoms with Crippen LogP contribution in [-0.2, 0) is 0 Å². The van der Waals surface area contributed by atoms with Crippen LogP contribution in [0.5, 0.6) is 0 Å². The first-order chi connectivity index (χ1) is 23.3. The van der Waals surface area contributed by atoms with Crippen molar-refractivity contribution >= 4 is 32.6 Å². The maximum atomic E-state index is 5.12. The fraction of sp³-hybridized carbons (Fsp3) is 0. The summed E-state index contributed by atoms with van der Waals surface area (Å²) in [5.41, 5.74) is 8.50. The van der Waals surface area contributed by atoms with Crippen molar-refractivity contribution in [3.63, 3.8) is 0 Å². The smallest absolute Gasteiger partial charge is 0.164 e. The molecule has 2 heterocycles. The molecule has 2 aromatic heterocycles. The van der Waals surface area contributed by atoms with E-state index in [1.807, 2.05) is 36.4 Å². The van der Waals surface area contributed by atoms with E-state index in [1.54, 1.807) is 0 Å². The van der Waals surface area contributed by atoms with Gasteiger partial charge in [-0.3, -0.25) is 0 Å². The number of fused-ring (bicyclic) bond motifs is 4. The Morgan fingerprint density at radius 2 is 0.851 bits per heavy atom. The van der Waals surface area contributed by atoms with Crippen LogP contribution in [0.3, 0.4) is 0 Å². The minimum absolute atomic E-state index is 0.635. The Balaban J connectivity index is 1.27. The maximum absolute atomic E-state index is 5.12. The minimum Gasteiger partial charge on any atom is -0.309 e. The number of nitrogens with zero attached hydrogens (tertiary/aromatic N) is 4. The standard InChI is InChI=1S/C43H28N4/c1-3-13-29(14-4-1)32-19-11-20-33(27-32)42-44-41(31-16-5-2-6-17-31)45-43(46-42)34-25-26-37-36-22-9-10-23-39(36)47(40(37)28-34)38-24-12-18-30-15-7-8-21-35(30)38/h1-28H. The van der Waals surface area contributed by atoms with Gasteiger partial charge in [0.05, 0.1) is 16.7 Å². The number of para-hydroxylation sites is 1. The van der Waals surface area contributed by atoms with Crippen molar-refractivity contribution in [1.29, 1.82) is 0 Å². The molecule has 4 heteroatoms. The molecule has 0 aliphatic heterocycles. The third-order valence-electron chi connectivity index (χ3n) is 8.83. The average molecular weight is 601 g/mol. The third kappa shape index (κ3) is 4.75.